The Bertz CT molecular complexity index is 944. The lowest BCUT2D eigenvalue weighted by molar-refractivity contribution is 0.171. The second kappa shape index (κ2) is 10.4. The fraction of sp³-hybridized carbons (Fsp3) is 0.333. The summed E-state index contributed by atoms with van der Waals surface area (Å²) in [4.78, 5) is 0.0179. The fourth-order valence-corrected chi connectivity index (χ4v) is 3.66. The number of nitrogens with one attached hydrogen (secondary N) is 1. The van der Waals surface area contributed by atoms with Crippen LogP contribution < -0.4 is 19.9 Å². The third-order valence-corrected chi connectivity index (χ3v) is 5.44. The van der Waals surface area contributed by atoms with Crippen LogP contribution >= 0.6 is 0 Å². The van der Waals surface area contributed by atoms with Gasteiger partial charge in [0, 0.05) is 13.1 Å². The van der Waals surface area contributed by atoms with Crippen molar-refractivity contribution >= 4 is 10.0 Å². The van der Waals surface area contributed by atoms with Crippen molar-refractivity contribution < 1.29 is 23.0 Å². The third kappa shape index (κ3) is 6.57. The molecule has 1 unspecified atom stereocenters. The molecule has 0 aromatic heterocycles. The number of hydrogen-bond donors (Lipinski definition) is 3. The van der Waals surface area contributed by atoms with E-state index in [1.54, 1.807) is 26.2 Å². The van der Waals surface area contributed by atoms with Crippen LogP contribution in [0.5, 0.6) is 11.5 Å². The fourth-order valence-electron chi connectivity index (χ4n) is 2.85. The number of sulfonamides is 1. The summed E-state index contributed by atoms with van der Waals surface area (Å²) in [5.41, 5.74) is 2.10. The van der Waals surface area contributed by atoms with Crippen LogP contribution in [0.15, 0.2) is 53.9 Å². The molecule has 0 radical (unpaired) electrons. The van der Waals surface area contributed by atoms with Crippen molar-refractivity contribution in [3.05, 3.63) is 65.7 Å². The van der Waals surface area contributed by atoms with Gasteiger partial charge in [0.1, 0.15) is 6.61 Å². The van der Waals surface area contributed by atoms with Crippen molar-refractivity contribution in [1.82, 2.24) is 5.32 Å². The molecule has 0 spiro atoms. The molecule has 7 nitrogen and oxygen atoms in total. The highest BCUT2D eigenvalue weighted by atomic mass is 32.2. The summed E-state index contributed by atoms with van der Waals surface area (Å²) in [6, 6.07) is 10.4. The molecule has 0 saturated carbocycles. The van der Waals surface area contributed by atoms with Gasteiger partial charge in [-0.1, -0.05) is 24.3 Å². The van der Waals surface area contributed by atoms with Crippen LogP contribution in [-0.4, -0.2) is 40.3 Å². The first-order valence-electron chi connectivity index (χ1n) is 9.19. The van der Waals surface area contributed by atoms with Gasteiger partial charge in [-0.15, -0.1) is 6.58 Å². The largest absolute Gasteiger partial charge is 0.493 e. The van der Waals surface area contributed by atoms with E-state index < -0.39 is 16.1 Å². The zero-order chi connectivity index (χ0) is 21.4. The first-order chi connectivity index (χ1) is 13.8. The number of aliphatic hydroxyl groups is 1. The molecule has 0 aliphatic rings. The summed E-state index contributed by atoms with van der Waals surface area (Å²) in [6.45, 7) is 6.49. The van der Waals surface area contributed by atoms with Crippen molar-refractivity contribution in [2.24, 2.45) is 5.14 Å². The molecule has 158 valence electrons. The molecule has 0 amide bonds. The number of aliphatic hydroxyl groups excluding tert-OH is 1. The molecule has 2 rings (SSSR count). The van der Waals surface area contributed by atoms with Gasteiger partial charge in [0.2, 0.25) is 10.0 Å². The van der Waals surface area contributed by atoms with E-state index in [1.165, 1.54) is 6.07 Å². The van der Waals surface area contributed by atoms with Gasteiger partial charge in [-0.2, -0.15) is 0 Å². The first-order valence-corrected chi connectivity index (χ1v) is 10.7. The summed E-state index contributed by atoms with van der Waals surface area (Å²) >= 11 is 0. The summed E-state index contributed by atoms with van der Waals surface area (Å²) in [5.74, 6) is 1.29. The number of benzene rings is 2. The minimum atomic E-state index is -3.83. The van der Waals surface area contributed by atoms with E-state index in [4.69, 9.17) is 14.6 Å². The molecule has 29 heavy (non-hydrogen) atoms. The summed E-state index contributed by atoms with van der Waals surface area (Å²) in [5, 5.41) is 18.6. The second-order valence-electron chi connectivity index (χ2n) is 6.62. The lowest BCUT2D eigenvalue weighted by atomic mass is 10.1. The van der Waals surface area contributed by atoms with Crippen LogP contribution in [0.2, 0.25) is 0 Å². The number of ether oxygens (including phenoxy) is 2. The van der Waals surface area contributed by atoms with Gasteiger partial charge in [-0.05, 0) is 48.2 Å². The van der Waals surface area contributed by atoms with Crippen molar-refractivity contribution in [3.8, 4) is 11.5 Å². The standard InChI is InChI=1S/C21H28N2O5S/c1-4-5-16-7-9-19(20(12-16)27-3)28-11-10-23-14-18(24)17-8-6-15(2)21(13-17)29(22,25)26/h4,6-9,12-13,18,23-24H,1,5,10-11,14H2,2-3H3,(H2,22,25,26). The van der Waals surface area contributed by atoms with Gasteiger partial charge < -0.3 is 19.9 Å². The summed E-state index contributed by atoms with van der Waals surface area (Å²) in [7, 11) is -2.24. The predicted molar refractivity (Wildman–Crippen MR) is 113 cm³/mol. The van der Waals surface area contributed by atoms with E-state index in [2.05, 4.69) is 11.9 Å². The maximum Gasteiger partial charge on any atom is 0.238 e. The summed E-state index contributed by atoms with van der Waals surface area (Å²) < 4.78 is 34.3. The quantitative estimate of drug-likeness (QED) is 0.379. The molecule has 8 heteroatoms. The average Bonchev–Trinajstić information content (AvgIpc) is 2.68. The monoisotopic (exact) mass is 420 g/mol. The van der Waals surface area contributed by atoms with E-state index in [0.29, 0.717) is 35.8 Å². The number of aryl methyl sites for hydroxylation is 1. The zero-order valence-electron chi connectivity index (χ0n) is 16.7. The Labute approximate surface area is 172 Å². The Kier molecular flexibility index (Phi) is 8.21. The molecule has 0 bridgehead atoms. The van der Waals surface area contributed by atoms with Crippen molar-refractivity contribution in [2.45, 2.75) is 24.3 Å². The predicted octanol–water partition coefficient (Wildman–Crippen LogP) is 2.08. The third-order valence-electron chi connectivity index (χ3n) is 4.39. The number of primary sulfonamides is 1. The van der Waals surface area contributed by atoms with E-state index in [-0.39, 0.29) is 11.4 Å². The number of methoxy groups -OCH3 is 1. The van der Waals surface area contributed by atoms with Gasteiger partial charge in [-0.3, -0.25) is 0 Å². The highest BCUT2D eigenvalue weighted by molar-refractivity contribution is 7.89. The second-order valence-corrected chi connectivity index (χ2v) is 8.15. The maximum atomic E-state index is 11.6. The molecular weight excluding hydrogens is 392 g/mol. The molecule has 1 atom stereocenters. The average molecular weight is 421 g/mol. The van der Waals surface area contributed by atoms with Gasteiger partial charge in [0.25, 0.3) is 0 Å². The van der Waals surface area contributed by atoms with E-state index in [9.17, 15) is 13.5 Å². The van der Waals surface area contributed by atoms with Crippen molar-refractivity contribution in [1.29, 1.82) is 0 Å². The van der Waals surface area contributed by atoms with E-state index >= 15 is 0 Å². The highest BCUT2D eigenvalue weighted by Gasteiger charge is 2.15. The van der Waals surface area contributed by atoms with Crippen LogP contribution in [0.4, 0.5) is 0 Å². The van der Waals surface area contributed by atoms with Crippen molar-refractivity contribution in [3.63, 3.8) is 0 Å². The minimum absolute atomic E-state index is 0.0179. The topological polar surface area (TPSA) is 111 Å². The molecule has 4 N–H and O–H groups in total. The van der Waals surface area contributed by atoms with Crippen LogP contribution in [0, 0.1) is 6.92 Å². The number of nitrogens with two attached hydrogens (primary N) is 1. The van der Waals surface area contributed by atoms with Crippen LogP contribution in [0.25, 0.3) is 0 Å². The van der Waals surface area contributed by atoms with E-state index in [1.807, 2.05) is 24.3 Å². The van der Waals surface area contributed by atoms with E-state index in [0.717, 1.165) is 12.0 Å². The molecule has 0 fully saturated rings. The normalized spacial score (nSPS) is 12.4. The van der Waals surface area contributed by atoms with Crippen LogP contribution in [0.1, 0.15) is 22.8 Å². The maximum absolute atomic E-state index is 11.6. The number of allylic oxidation sites excluding steroid dienone is 1. The Morgan fingerprint density at radius 3 is 2.66 bits per heavy atom. The number of rotatable bonds is 11. The van der Waals surface area contributed by atoms with Gasteiger partial charge in [0.15, 0.2) is 11.5 Å². The molecule has 0 heterocycles. The molecule has 0 saturated heterocycles. The molecule has 2 aromatic carbocycles. The minimum Gasteiger partial charge on any atom is -0.493 e. The van der Waals surface area contributed by atoms with Crippen LogP contribution in [0.3, 0.4) is 0 Å². The lowest BCUT2D eigenvalue weighted by Gasteiger charge is -2.15. The van der Waals surface area contributed by atoms with Gasteiger partial charge in [0.05, 0.1) is 18.1 Å². The number of hydrogen-bond acceptors (Lipinski definition) is 6. The highest BCUT2D eigenvalue weighted by Crippen LogP contribution is 2.28. The Morgan fingerprint density at radius 2 is 2.00 bits per heavy atom. The SMILES string of the molecule is C=CCc1ccc(OCCNCC(O)c2ccc(C)c(S(N)(=O)=O)c2)c(OC)c1. The van der Waals surface area contributed by atoms with Crippen molar-refractivity contribution in [2.75, 3.05) is 26.8 Å². The zero-order valence-corrected chi connectivity index (χ0v) is 17.5. The lowest BCUT2D eigenvalue weighted by Crippen LogP contribution is -2.26. The Morgan fingerprint density at radius 1 is 1.24 bits per heavy atom. The molecular formula is C21H28N2O5S. The molecule has 0 aliphatic carbocycles. The van der Waals surface area contributed by atoms with Gasteiger partial charge in [-0.25, -0.2) is 13.6 Å². The smallest absolute Gasteiger partial charge is 0.238 e. The van der Waals surface area contributed by atoms with Gasteiger partial charge >= 0.3 is 0 Å². The first kappa shape index (κ1) is 22.9. The Hall–Kier alpha value is -2.39. The van der Waals surface area contributed by atoms with Crippen LogP contribution in [-0.2, 0) is 16.4 Å². The molecule has 0 aliphatic heterocycles. The molecule has 2 aromatic rings. The Balaban J connectivity index is 1.86. The summed E-state index contributed by atoms with van der Waals surface area (Å²) in [6.07, 6.45) is 1.70.